The van der Waals surface area contributed by atoms with Gasteiger partial charge in [-0.15, -0.1) is 0 Å². The molecule has 0 aliphatic rings. The predicted molar refractivity (Wildman–Crippen MR) is 84.3 cm³/mol. The molecule has 0 aliphatic heterocycles. The molecular formula is C15H20ClN3O3. The zero-order valence-electron chi connectivity index (χ0n) is 12.6. The van der Waals surface area contributed by atoms with Crippen LogP contribution in [0, 0.1) is 0 Å². The third kappa shape index (κ3) is 6.58. The smallest absolute Gasteiger partial charge is 0.239 e. The molecule has 3 N–H and O–H groups in total. The van der Waals surface area contributed by atoms with Crippen LogP contribution < -0.4 is 16.0 Å². The Kier molecular flexibility index (Phi) is 7.39. The maximum absolute atomic E-state index is 11.9. The molecule has 120 valence electrons. The molecule has 1 aromatic carbocycles. The van der Waals surface area contributed by atoms with E-state index in [1.807, 2.05) is 19.1 Å². The van der Waals surface area contributed by atoms with E-state index in [0.717, 1.165) is 5.56 Å². The first-order chi connectivity index (χ1) is 10.4. The minimum Gasteiger partial charge on any atom is -0.348 e. The van der Waals surface area contributed by atoms with Gasteiger partial charge in [-0.05, 0) is 24.1 Å². The summed E-state index contributed by atoms with van der Waals surface area (Å²) in [6.45, 7) is 2.97. The Hall–Kier alpha value is -2.08. The van der Waals surface area contributed by atoms with E-state index < -0.39 is 5.91 Å². The Balaban J connectivity index is 2.45. The molecule has 0 saturated carbocycles. The van der Waals surface area contributed by atoms with E-state index >= 15 is 0 Å². The molecule has 1 aromatic rings. The number of rotatable bonds is 7. The van der Waals surface area contributed by atoms with Gasteiger partial charge in [-0.2, -0.15) is 0 Å². The van der Waals surface area contributed by atoms with Crippen LogP contribution in [0.15, 0.2) is 24.3 Å². The van der Waals surface area contributed by atoms with Gasteiger partial charge in [0.1, 0.15) is 0 Å². The van der Waals surface area contributed by atoms with Gasteiger partial charge in [-0.3, -0.25) is 14.4 Å². The number of carbonyl (C=O) groups is 3. The van der Waals surface area contributed by atoms with Gasteiger partial charge in [0.15, 0.2) is 0 Å². The predicted octanol–water partition coefficient (Wildman–Crippen LogP) is 1.16. The first-order valence-electron chi connectivity index (χ1n) is 6.98. The molecule has 0 saturated heterocycles. The minimum atomic E-state index is -0.416. The summed E-state index contributed by atoms with van der Waals surface area (Å²) in [6.07, 6.45) is 0.700. The maximum Gasteiger partial charge on any atom is 0.239 e. The van der Waals surface area contributed by atoms with Crippen LogP contribution in [0.5, 0.6) is 0 Å². The largest absolute Gasteiger partial charge is 0.348 e. The van der Waals surface area contributed by atoms with E-state index in [0.29, 0.717) is 11.4 Å². The fourth-order valence-corrected chi connectivity index (χ4v) is 2.03. The highest BCUT2D eigenvalue weighted by atomic mass is 35.5. The van der Waals surface area contributed by atoms with E-state index in [4.69, 9.17) is 11.6 Å². The van der Waals surface area contributed by atoms with Crippen LogP contribution in [0.3, 0.4) is 0 Å². The lowest BCUT2D eigenvalue weighted by Crippen LogP contribution is -2.42. The highest BCUT2D eigenvalue weighted by molar-refractivity contribution is 6.30. The summed E-state index contributed by atoms with van der Waals surface area (Å²) >= 11 is 5.94. The number of halogens is 1. The minimum absolute atomic E-state index is 0.143. The van der Waals surface area contributed by atoms with Gasteiger partial charge in [0.25, 0.3) is 0 Å². The molecule has 0 aliphatic carbocycles. The number of hydrogen-bond donors (Lipinski definition) is 3. The topological polar surface area (TPSA) is 87.3 Å². The van der Waals surface area contributed by atoms with E-state index in [2.05, 4.69) is 16.0 Å². The van der Waals surface area contributed by atoms with E-state index in [9.17, 15) is 14.4 Å². The molecule has 7 heteroatoms. The highest BCUT2D eigenvalue weighted by Gasteiger charge is 2.13. The molecule has 0 aromatic heterocycles. The first-order valence-corrected chi connectivity index (χ1v) is 7.36. The molecule has 0 radical (unpaired) electrons. The van der Waals surface area contributed by atoms with Crippen LogP contribution in [0.4, 0.5) is 0 Å². The summed E-state index contributed by atoms with van der Waals surface area (Å²) in [5, 5.41) is 8.23. The lowest BCUT2D eigenvalue weighted by Gasteiger charge is -2.18. The van der Waals surface area contributed by atoms with Crippen molar-refractivity contribution in [2.45, 2.75) is 26.3 Å². The second kappa shape index (κ2) is 9.04. The molecular weight excluding hydrogens is 306 g/mol. The molecule has 0 bridgehead atoms. The zero-order chi connectivity index (χ0) is 16.5. The molecule has 3 amide bonds. The molecule has 0 fully saturated rings. The van der Waals surface area contributed by atoms with Gasteiger partial charge < -0.3 is 16.0 Å². The number of hydrogen-bond acceptors (Lipinski definition) is 3. The number of carbonyl (C=O) groups excluding carboxylic acids is 3. The summed E-state index contributed by atoms with van der Waals surface area (Å²) in [7, 11) is 0. The van der Waals surface area contributed by atoms with Crippen molar-refractivity contribution in [3.8, 4) is 0 Å². The first kappa shape index (κ1) is 18.0. The summed E-state index contributed by atoms with van der Waals surface area (Å²) in [5.41, 5.74) is 0.910. The number of nitrogens with one attached hydrogen (secondary N) is 3. The number of benzene rings is 1. The summed E-state index contributed by atoms with van der Waals surface area (Å²) in [6, 6.07) is 7.10. The second-order valence-corrected chi connectivity index (χ2v) is 5.21. The average Bonchev–Trinajstić information content (AvgIpc) is 2.48. The lowest BCUT2D eigenvalue weighted by molar-refractivity contribution is -0.127. The second-order valence-electron chi connectivity index (χ2n) is 4.77. The van der Waals surface area contributed by atoms with Crippen LogP contribution in [0.2, 0.25) is 5.02 Å². The third-order valence-electron chi connectivity index (χ3n) is 2.94. The van der Waals surface area contributed by atoms with Crippen molar-refractivity contribution >= 4 is 29.3 Å². The van der Waals surface area contributed by atoms with E-state index in [1.54, 1.807) is 12.1 Å². The normalized spacial score (nSPS) is 11.4. The van der Waals surface area contributed by atoms with Crippen LogP contribution in [0.25, 0.3) is 0 Å². The Labute approximate surface area is 134 Å². The van der Waals surface area contributed by atoms with E-state index in [-0.39, 0.29) is 30.9 Å². The van der Waals surface area contributed by atoms with Crippen molar-refractivity contribution in [3.63, 3.8) is 0 Å². The summed E-state index contributed by atoms with van der Waals surface area (Å²) in [5.74, 6) is -1.02. The van der Waals surface area contributed by atoms with Crippen molar-refractivity contribution in [2.75, 3.05) is 13.1 Å². The van der Waals surface area contributed by atoms with Gasteiger partial charge >= 0.3 is 0 Å². The van der Waals surface area contributed by atoms with Crippen LogP contribution in [-0.2, 0) is 14.4 Å². The fraction of sp³-hybridized carbons (Fsp3) is 0.400. The van der Waals surface area contributed by atoms with Gasteiger partial charge in [0.2, 0.25) is 17.7 Å². The lowest BCUT2D eigenvalue weighted by atomic mass is 10.0. The molecule has 0 spiro atoms. The van der Waals surface area contributed by atoms with Crippen LogP contribution >= 0.6 is 11.6 Å². The molecule has 6 nitrogen and oxygen atoms in total. The highest BCUT2D eigenvalue weighted by Crippen LogP contribution is 2.20. The Bertz CT molecular complexity index is 549. The fourth-order valence-electron chi connectivity index (χ4n) is 1.84. The standard InChI is InChI=1S/C15H20ClN3O3/c1-3-13(11-5-4-6-12(16)7-11)19-15(22)9-18-14(21)8-17-10(2)20/h4-7,13H,3,8-9H2,1-2H3,(H,17,20)(H,18,21)(H,19,22). The third-order valence-corrected chi connectivity index (χ3v) is 3.17. The monoisotopic (exact) mass is 325 g/mol. The van der Waals surface area contributed by atoms with Crippen molar-refractivity contribution in [1.82, 2.24) is 16.0 Å². The van der Waals surface area contributed by atoms with Crippen molar-refractivity contribution in [3.05, 3.63) is 34.9 Å². The molecule has 1 unspecified atom stereocenters. The average molecular weight is 326 g/mol. The molecule has 1 rings (SSSR count). The van der Waals surface area contributed by atoms with Crippen molar-refractivity contribution in [2.24, 2.45) is 0 Å². The Morgan fingerprint density at radius 3 is 2.41 bits per heavy atom. The van der Waals surface area contributed by atoms with Crippen LogP contribution in [-0.4, -0.2) is 30.8 Å². The molecule has 0 heterocycles. The molecule has 22 heavy (non-hydrogen) atoms. The molecule has 1 atom stereocenters. The van der Waals surface area contributed by atoms with Gasteiger partial charge in [0, 0.05) is 11.9 Å². The van der Waals surface area contributed by atoms with Gasteiger partial charge in [0.05, 0.1) is 19.1 Å². The quantitative estimate of drug-likeness (QED) is 0.703. The van der Waals surface area contributed by atoms with Crippen LogP contribution in [0.1, 0.15) is 31.9 Å². The summed E-state index contributed by atoms with van der Waals surface area (Å²) < 4.78 is 0. The Morgan fingerprint density at radius 2 is 1.82 bits per heavy atom. The maximum atomic E-state index is 11.9. The number of amides is 3. The van der Waals surface area contributed by atoms with Crippen molar-refractivity contribution in [1.29, 1.82) is 0 Å². The van der Waals surface area contributed by atoms with E-state index in [1.165, 1.54) is 6.92 Å². The summed E-state index contributed by atoms with van der Waals surface area (Å²) in [4.78, 5) is 33.9. The Morgan fingerprint density at radius 1 is 1.14 bits per heavy atom. The van der Waals surface area contributed by atoms with Gasteiger partial charge in [-0.1, -0.05) is 30.7 Å². The SMILES string of the molecule is CCC(NC(=O)CNC(=O)CNC(C)=O)c1cccc(Cl)c1. The van der Waals surface area contributed by atoms with Gasteiger partial charge in [-0.25, -0.2) is 0 Å². The zero-order valence-corrected chi connectivity index (χ0v) is 13.4. The van der Waals surface area contributed by atoms with Crippen molar-refractivity contribution < 1.29 is 14.4 Å².